The monoisotopic (exact) mass is 592 g/mol. The Labute approximate surface area is 255 Å². The summed E-state index contributed by atoms with van der Waals surface area (Å²) in [6.45, 7) is 8.31. The summed E-state index contributed by atoms with van der Waals surface area (Å²) in [4.78, 5) is 46.3. The van der Waals surface area contributed by atoms with E-state index < -0.39 is 0 Å². The maximum absolute atomic E-state index is 13.1. The average molecular weight is 593 g/mol. The number of hydrogen-bond donors (Lipinski definition) is 3. The Morgan fingerprint density at radius 1 is 1.11 bits per heavy atom. The van der Waals surface area contributed by atoms with Crippen LogP contribution < -0.4 is 15.5 Å². The molecule has 3 N–H and O–H groups in total. The summed E-state index contributed by atoms with van der Waals surface area (Å²) in [7, 11) is 0. The van der Waals surface area contributed by atoms with Crippen LogP contribution in [0, 0.1) is 0 Å². The predicted octanol–water partition coefficient (Wildman–Crippen LogP) is 3.91. The molecule has 3 aromatic heterocycles. The predicted molar refractivity (Wildman–Crippen MR) is 168 cm³/mol. The molecule has 5 heterocycles. The number of likely N-dealkylation sites (tertiary alicyclic amines) is 1. The van der Waals surface area contributed by atoms with Crippen molar-refractivity contribution in [2.24, 2.45) is 0 Å². The Balaban J connectivity index is 1.00. The molecule has 0 radical (unpaired) electrons. The van der Waals surface area contributed by atoms with Gasteiger partial charge in [-0.15, -0.1) is 0 Å². The molecule has 3 fully saturated rings. The van der Waals surface area contributed by atoms with E-state index >= 15 is 0 Å². The molecule has 2 amide bonds. The number of carbonyl (C=O) groups is 2. The Hall–Kier alpha value is -4.61. The zero-order valence-electron chi connectivity index (χ0n) is 24.6. The number of aromatic amines is 1. The summed E-state index contributed by atoms with van der Waals surface area (Å²) < 4.78 is 5.99. The first kappa shape index (κ1) is 28.2. The lowest BCUT2D eigenvalue weighted by molar-refractivity contribution is -0.117. The van der Waals surface area contributed by atoms with Crippen molar-refractivity contribution in [1.29, 1.82) is 0 Å². The lowest BCUT2D eigenvalue weighted by atomic mass is 10.0. The van der Waals surface area contributed by atoms with Gasteiger partial charge < -0.3 is 25.3 Å². The van der Waals surface area contributed by atoms with Crippen molar-refractivity contribution in [2.75, 3.05) is 43.0 Å². The number of pyridine rings is 1. The molecular weight excluding hydrogens is 556 g/mol. The molecule has 11 heteroatoms. The van der Waals surface area contributed by atoms with E-state index in [1.165, 1.54) is 6.08 Å². The van der Waals surface area contributed by atoms with Gasteiger partial charge in [0.2, 0.25) is 5.91 Å². The number of morpholine rings is 1. The van der Waals surface area contributed by atoms with Gasteiger partial charge in [-0.2, -0.15) is 0 Å². The molecule has 226 valence electrons. The van der Waals surface area contributed by atoms with E-state index in [1.807, 2.05) is 36.4 Å². The van der Waals surface area contributed by atoms with E-state index in [0.29, 0.717) is 24.5 Å². The summed E-state index contributed by atoms with van der Waals surface area (Å²) in [6.07, 6.45) is 8.75. The van der Waals surface area contributed by atoms with Crippen molar-refractivity contribution in [3.05, 3.63) is 78.9 Å². The van der Waals surface area contributed by atoms with Gasteiger partial charge in [-0.05, 0) is 79.8 Å². The number of anilines is 2. The highest BCUT2D eigenvalue weighted by Crippen LogP contribution is 2.43. The number of nitrogens with zero attached hydrogens (tertiary/aromatic N) is 5. The van der Waals surface area contributed by atoms with Crippen LogP contribution in [0.3, 0.4) is 0 Å². The summed E-state index contributed by atoms with van der Waals surface area (Å²) >= 11 is 0. The van der Waals surface area contributed by atoms with Crippen LogP contribution in [-0.4, -0.2) is 81.1 Å². The molecule has 2 saturated heterocycles. The molecule has 1 saturated carbocycles. The molecule has 1 aromatic carbocycles. The first-order chi connectivity index (χ1) is 21.5. The zero-order valence-corrected chi connectivity index (χ0v) is 24.6. The summed E-state index contributed by atoms with van der Waals surface area (Å²) in [5.41, 5.74) is 4.77. The van der Waals surface area contributed by atoms with Crippen molar-refractivity contribution >= 4 is 34.4 Å². The van der Waals surface area contributed by atoms with Gasteiger partial charge >= 0.3 is 0 Å². The van der Waals surface area contributed by atoms with Crippen LogP contribution in [0.4, 0.5) is 11.5 Å². The second-order valence-electron chi connectivity index (χ2n) is 12.0. The fourth-order valence-electron chi connectivity index (χ4n) is 6.26. The quantitative estimate of drug-likeness (QED) is 0.263. The van der Waals surface area contributed by atoms with Crippen molar-refractivity contribution in [2.45, 2.75) is 43.9 Å². The number of amides is 2. The number of ether oxygens (including phenoxy) is 1. The van der Waals surface area contributed by atoms with E-state index in [2.05, 4.69) is 53.0 Å². The highest BCUT2D eigenvalue weighted by molar-refractivity contribution is 6.03. The Kier molecular flexibility index (Phi) is 7.57. The standard InChI is InChI=1S/C33H36N8O3/c1-2-29(42)37-25-4-3-13-40(19-25)18-22-9-12-34-28(16-22)32(43)38-24-7-5-23(6-8-24)27-17-26-30(39-27)35-21-36-31(26)41-14-15-44-33(20-41)10-11-33/h2,5-9,12,16-17,21,25H,1,3-4,10-11,13-15,18-20H2,(H,37,42)(H,38,43)(H,35,36,39)/t25-/m1/s1. The lowest BCUT2D eigenvalue weighted by Gasteiger charge is -2.34. The summed E-state index contributed by atoms with van der Waals surface area (Å²) in [6, 6.07) is 13.7. The lowest BCUT2D eigenvalue weighted by Crippen LogP contribution is -2.46. The Bertz CT molecular complexity index is 1700. The maximum atomic E-state index is 13.1. The van der Waals surface area contributed by atoms with E-state index in [-0.39, 0.29) is 23.5 Å². The molecule has 3 aliphatic rings. The van der Waals surface area contributed by atoms with Gasteiger partial charge in [0.25, 0.3) is 5.91 Å². The zero-order chi connectivity index (χ0) is 30.1. The van der Waals surface area contributed by atoms with Gasteiger partial charge in [-0.1, -0.05) is 18.7 Å². The molecule has 4 aromatic rings. The van der Waals surface area contributed by atoms with Crippen molar-refractivity contribution in [3.63, 3.8) is 0 Å². The number of rotatable bonds is 8. The normalized spacial score (nSPS) is 19.5. The molecule has 44 heavy (non-hydrogen) atoms. The minimum atomic E-state index is -0.265. The number of fused-ring (bicyclic) bond motifs is 1. The molecule has 1 spiro atoms. The molecular formula is C33H36N8O3. The van der Waals surface area contributed by atoms with Gasteiger partial charge in [-0.25, -0.2) is 9.97 Å². The minimum Gasteiger partial charge on any atom is -0.371 e. The largest absolute Gasteiger partial charge is 0.371 e. The Morgan fingerprint density at radius 2 is 1.98 bits per heavy atom. The van der Waals surface area contributed by atoms with Gasteiger partial charge in [-0.3, -0.25) is 19.5 Å². The fraction of sp³-hybridized carbons (Fsp3) is 0.364. The van der Waals surface area contributed by atoms with Crippen molar-refractivity contribution in [1.82, 2.24) is 30.2 Å². The van der Waals surface area contributed by atoms with E-state index in [1.54, 1.807) is 12.5 Å². The van der Waals surface area contributed by atoms with Crippen LogP contribution in [0.2, 0.25) is 0 Å². The van der Waals surface area contributed by atoms with Crippen LogP contribution in [0.5, 0.6) is 0 Å². The molecule has 1 aliphatic carbocycles. The second kappa shape index (κ2) is 11.8. The SMILES string of the molecule is C=CC(=O)N[C@@H]1CCCN(Cc2ccnc(C(=O)Nc3ccc(-c4cc5c(N6CCOC7(CC7)C6)ncnc5[nH]4)cc3)c2)C1. The molecule has 2 aliphatic heterocycles. The third kappa shape index (κ3) is 6.06. The molecule has 0 bridgehead atoms. The van der Waals surface area contributed by atoms with E-state index in [4.69, 9.17) is 4.74 Å². The van der Waals surface area contributed by atoms with Crippen molar-refractivity contribution < 1.29 is 14.3 Å². The number of piperidine rings is 1. The number of benzene rings is 1. The van der Waals surface area contributed by atoms with Gasteiger partial charge in [0.1, 0.15) is 23.5 Å². The highest BCUT2D eigenvalue weighted by Gasteiger charge is 2.48. The van der Waals surface area contributed by atoms with Crippen LogP contribution in [0.1, 0.15) is 41.7 Å². The summed E-state index contributed by atoms with van der Waals surface area (Å²) in [5.74, 6) is 0.525. The summed E-state index contributed by atoms with van der Waals surface area (Å²) in [5, 5.41) is 6.96. The van der Waals surface area contributed by atoms with Crippen LogP contribution >= 0.6 is 0 Å². The smallest absolute Gasteiger partial charge is 0.274 e. The molecule has 0 unspecified atom stereocenters. The van der Waals surface area contributed by atoms with Crippen LogP contribution in [-0.2, 0) is 16.1 Å². The first-order valence-corrected chi connectivity index (χ1v) is 15.2. The molecule has 7 rings (SSSR count). The maximum Gasteiger partial charge on any atom is 0.274 e. The topological polar surface area (TPSA) is 128 Å². The first-order valence-electron chi connectivity index (χ1n) is 15.2. The number of aromatic nitrogens is 4. The number of hydrogen-bond acceptors (Lipinski definition) is 8. The van der Waals surface area contributed by atoms with E-state index in [0.717, 1.165) is 85.5 Å². The van der Waals surface area contributed by atoms with Gasteiger partial charge in [0.05, 0.1) is 17.6 Å². The third-order valence-electron chi connectivity index (χ3n) is 8.71. The average Bonchev–Trinajstić information content (AvgIpc) is 3.63. The highest BCUT2D eigenvalue weighted by atomic mass is 16.5. The number of H-pyrrole nitrogens is 1. The molecule has 11 nitrogen and oxygen atoms in total. The number of nitrogens with one attached hydrogen (secondary N) is 3. The molecule has 1 atom stereocenters. The minimum absolute atomic E-state index is 0.00826. The number of carbonyl (C=O) groups excluding carboxylic acids is 2. The Morgan fingerprint density at radius 3 is 2.80 bits per heavy atom. The van der Waals surface area contributed by atoms with E-state index in [9.17, 15) is 9.59 Å². The second-order valence-corrected chi connectivity index (χ2v) is 12.0. The third-order valence-corrected chi connectivity index (χ3v) is 8.71. The van der Waals surface area contributed by atoms with Gasteiger partial charge in [0.15, 0.2) is 0 Å². The van der Waals surface area contributed by atoms with Gasteiger partial charge in [0, 0.05) is 49.8 Å². The fourth-order valence-corrected chi connectivity index (χ4v) is 6.26. The van der Waals surface area contributed by atoms with Crippen LogP contribution in [0.25, 0.3) is 22.3 Å². The van der Waals surface area contributed by atoms with Crippen LogP contribution in [0.15, 0.2) is 67.6 Å². The van der Waals surface area contributed by atoms with Crippen molar-refractivity contribution in [3.8, 4) is 11.3 Å².